The van der Waals surface area contributed by atoms with E-state index in [2.05, 4.69) is 41.7 Å². The minimum atomic E-state index is 0.0253. The summed E-state index contributed by atoms with van der Waals surface area (Å²) < 4.78 is 0.523. The molecule has 3 heterocycles. The molecule has 1 aromatic heterocycles. The molecule has 0 N–H and O–H groups in total. The first kappa shape index (κ1) is 17.0. The molecule has 4 nitrogen and oxygen atoms in total. The summed E-state index contributed by atoms with van der Waals surface area (Å²) in [6, 6.07) is 0. The molecule has 2 aliphatic heterocycles. The molecule has 2 aliphatic carbocycles. The Morgan fingerprint density at radius 1 is 1.38 bits per heavy atom. The summed E-state index contributed by atoms with van der Waals surface area (Å²) in [5.74, 6) is 2.34. The number of fused-ring (bicyclic) bond motifs is 1. The van der Waals surface area contributed by atoms with E-state index in [0.717, 1.165) is 31.6 Å². The second-order valence-electron chi connectivity index (χ2n) is 8.41. The number of aryl methyl sites for hydroxylation is 1. The van der Waals surface area contributed by atoms with E-state index < -0.39 is 0 Å². The highest BCUT2D eigenvalue weighted by atomic mass is 32.1. The molecule has 1 unspecified atom stereocenters. The van der Waals surface area contributed by atoms with Gasteiger partial charge in [0.1, 0.15) is 11.0 Å². The number of hydrogen-bond donors (Lipinski definition) is 1. The number of thiazole rings is 1. The van der Waals surface area contributed by atoms with Crippen LogP contribution < -0.4 is 0 Å². The standard InChI is InChI=1S/C20H25N3OS2/c1-14-16(26-13-21-14)5-4-15(12-25)17(22-10-3-11-22)23(2)18(24)19(6-7-19)20(23)8-9-20/h4-5,13H,3,6-12H2,1-2H3/p+1/b5-4-,17-15-. The predicted octanol–water partition coefficient (Wildman–Crippen LogP) is 3.61. The van der Waals surface area contributed by atoms with Crippen molar-refractivity contribution in [1.82, 2.24) is 9.88 Å². The van der Waals surface area contributed by atoms with Crippen molar-refractivity contribution in [3.05, 3.63) is 33.6 Å². The molecule has 5 rings (SSSR count). The van der Waals surface area contributed by atoms with Crippen molar-refractivity contribution in [3.63, 3.8) is 0 Å². The Morgan fingerprint density at radius 2 is 2.12 bits per heavy atom. The van der Waals surface area contributed by atoms with Gasteiger partial charge in [-0.2, -0.15) is 12.6 Å². The fourth-order valence-electron chi connectivity index (χ4n) is 5.49. The molecule has 4 fully saturated rings. The Kier molecular flexibility index (Phi) is 3.57. The van der Waals surface area contributed by atoms with Gasteiger partial charge in [0, 0.05) is 42.1 Å². The molecule has 0 aromatic carbocycles. The predicted molar refractivity (Wildman–Crippen MR) is 108 cm³/mol. The van der Waals surface area contributed by atoms with Crippen LogP contribution >= 0.6 is 24.0 Å². The van der Waals surface area contributed by atoms with Crippen LogP contribution in [0.1, 0.15) is 42.7 Å². The van der Waals surface area contributed by atoms with E-state index in [1.807, 2.05) is 12.4 Å². The molecule has 1 atom stereocenters. The summed E-state index contributed by atoms with van der Waals surface area (Å²) in [5, 5.41) is 0. The van der Waals surface area contributed by atoms with Crippen LogP contribution in [-0.4, -0.2) is 51.7 Å². The number of aromatic nitrogens is 1. The first-order valence-corrected chi connectivity index (χ1v) is 11.1. The highest BCUT2D eigenvalue weighted by Gasteiger charge is 2.92. The summed E-state index contributed by atoms with van der Waals surface area (Å²) >= 11 is 6.32. The van der Waals surface area contributed by atoms with E-state index in [9.17, 15) is 4.79 Å². The third-order valence-electron chi connectivity index (χ3n) is 7.29. The fourth-order valence-corrected chi connectivity index (χ4v) is 6.43. The first-order chi connectivity index (χ1) is 12.5. The van der Waals surface area contributed by atoms with Crippen molar-refractivity contribution in [2.45, 2.75) is 44.6 Å². The van der Waals surface area contributed by atoms with Gasteiger partial charge in [0.25, 0.3) is 0 Å². The summed E-state index contributed by atoms with van der Waals surface area (Å²) in [5.41, 5.74) is 4.36. The highest BCUT2D eigenvalue weighted by Crippen LogP contribution is 2.78. The van der Waals surface area contributed by atoms with E-state index in [1.54, 1.807) is 11.3 Å². The summed E-state index contributed by atoms with van der Waals surface area (Å²) in [4.78, 5) is 21.3. The molecular formula is C20H26N3OS2+. The normalized spacial score (nSPS) is 31.2. The summed E-state index contributed by atoms with van der Waals surface area (Å²) in [6.45, 7) is 4.16. The topological polar surface area (TPSA) is 33.2 Å². The average Bonchev–Trinajstić information content (AvgIpc) is 3.49. The Bertz CT molecular complexity index is 843. The van der Waals surface area contributed by atoms with Gasteiger partial charge in [0.15, 0.2) is 0 Å². The molecule has 0 radical (unpaired) electrons. The summed E-state index contributed by atoms with van der Waals surface area (Å²) in [7, 11) is 2.18. The van der Waals surface area contributed by atoms with Crippen LogP contribution in [0.2, 0.25) is 0 Å². The van der Waals surface area contributed by atoms with Gasteiger partial charge >= 0.3 is 5.91 Å². The minimum absolute atomic E-state index is 0.0253. The molecule has 2 saturated carbocycles. The molecule has 0 bridgehead atoms. The lowest BCUT2D eigenvalue weighted by molar-refractivity contribution is -0.888. The molecule has 1 aromatic rings. The van der Waals surface area contributed by atoms with Crippen molar-refractivity contribution in [2.24, 2.45) is 5.41 Å². The van der Waals surface area contributed by atoms with Crippen LogP contribution in [0.5, 0.6) is 0 Å². The molecule has 2 spiro atoms. The van der Waals surface area contributed by atoms with E-state index in [4.69, 9.17) is 0 Å². The van der Waals surface area contributed by atoms with E-state index in [0.29, 0.717) is 16.1 Å². The van der Waals surface area contributed by atoms with Crippen LogP contribution in [-0.2, 0) is 4.79 Å². The quantitative estimate of drug-likeness (QED) is 0.362. The average molecular weight is 389 g/mol. The lowest BCUT2D eigenvalue weighted by Crippen LogP contribution is -2.78. The van der Waals surface area contributed by atoms with Crippen molar-refractivity contribution in [2.75, 3.05) is 25.9 Å². The van der Waals surface area contributed by atoms with Gasteiger partial charge in [-0.15, -0.1) is 11.3 Å². The molecule has 1 amide bonds. The van der Waals surface area contributed by atoms with Crippen LogP contribution in [0.15, 0.2) is 23.0 Å². The maximum atomic E-state index is 13.4. The molecule has 4 aliphatic rings. The minimum Gasteiger partial charge on any atom is -0.327 e. The lowest BCUT2D eigenvalue weighted by Gasteiger charge is -2.57. The number of likely N-dealkylation sites (tertiary alicyclic amines) is 2. The maximum absolute atomic E-state index is 13.4. The van der Waals surface area contributed by atoms with Crippen LogP contribution in [0.3, 0.4) is 0 Å². The first-order valence-electron chi connectivity index (χ1n) is 9.59. The third kappa shape index (κ3) is 1.90. The Morgan fingerprint density at radius 3 is 2.58 bits per heavy atom. The number of thiol groups is 1. The van der Waals surface area contributed by atoms with Crippen LogP contribution in [0.4, 0.5) is 0 Å². The van der Waals surface area contributed by atoms with Crippen LogP contribution in [0, 0.1) is 12.3 Å². The van der Waals surface area contributed by atoms with Crippen LogP contribution in [0.25, 0.3) is 6.08 Å². The molecular weight excluding hydrogens is 362 g/mol. The SMILES string of the molecule is Cc1ncsc1/C=C\C(CS)=C(/N1CCC1)[N+]1(C)C(=O)C2(CC2)C12CC2. The molecule has 6 heteroatoms. The van der Waals surface area contributed by atoms with Gasteiger partial charge < -0.3 is 4.90 Å². The second-order valence-corrected chi connectivity index (χ2v) is 9.61. The molecule has 138 valence electrons. The number of allylic oxidation sites excluding steroid dienone is 1. The zero-order chi connectivity index (χ0) is 18.2. The van der Waals surface area contributed by atoms with E-state index >= 15 is 0 Å². The Hall–Kier alpha value is -1.11. The number of carbonyl (C=O) groups is 1. The number of carbonyl (C=O) groups excluding carboxylic acids is 1. The number of rotatable bonds is 5. The smallest absolute Gasteiger partial charge is 0.327 e. The molecule has 2 saturated heterocycles. The van der Waals surface area contributed by atoms with Gasteiger partial charge in [-0.05, 0) is 38.3 Å². The van der Waals surface area contributed by atoms with Gasteiger partial charge in [0.05, 0.1) is 18.3 Å². The number of amides is 1. The zero-order valence-corrected chi connectivity index (χ0v) is 17.2. The second kappa shape index (κ2) is 5.46. The maximum Gasteiger partial charge on any atom is 0.332 e. The number of nitrogens with zero attached hydrogens (tertiary/aromatic N) is 3. The van der Waals surface area contributed by atoms with Gasteiger partial charge in [-0.1, -0.05) is 0 Å². The van der Waals surface area contributed by atoms with E-state index in [1.165, 1.54) is 35.5 Å². The highest BCUT2D eigenvalue weighted by molar-refractivity contribution is 7.80. The molecule has 26 heavy (non-hydrogen) atoms. The zero-order valence-electron chi connectivity index (χ0n) is 15.5. The van der Waals surface area contributed by atoms with E-state index in [-0.39, 0.29) is 11.0 Å². The monoisotopic (exact) mass is 388 g/mol. The third-order valence-corrected chi connectivity index (χ3v) is 8.53. The number of hydrogen-bond acceptors (Lipinski definition) is 5. The summed E-state index contributed by atoms with van der Waals surface area (Å²) in [6.07, 6.45) is 10.2. The van der Waals surface area contributed by atoms with Crippen molar-refractivity contribution in [3.8, 4) is 0 Å². The Labute approximate surface area is 164 Å². The van der Waals surface area contributed by atoms with Gasteiger partial charge in [-0.25, -0.2) is 14.3 Å². The van der Waals surface area contributed by atoms with Crippen molar-refractivity contribution >= 4 is 35.9 Å². The largest absolute Gasteiger partial charge is 0.332 e. The van der Waals surface area contributed by atoms with Crippen molar-refractivity contribution < 1.29 is 9.28 Å². The number of quaternary nitrogens is 1. The Balaban J connectivity index is 1.59. The fraction of sp³-hybridized carbons (Fsp3) is 0.600. The number of β-lactam (4-membered cyclic amide) rings is 1. The van der Waals surface area contributed by atoms with Crippen molar-refractivity contribution in [1.29, 1.82) is 0 Å². The van der Waals surface area contributed by atoms with Gasteiger partial charge in [-0.3, -0.25) is 0 Å². The lowest BCUT2D eigenvalue weighted by atomic mass is 9.76. The van der Waals surface area contributed by atoms with Gasteiger partial charge in [0.2, 0.25) is 5.82 Å².